The molecule has 4 heteroatoms. The Bertz CT molecular complexity index is 494. The number of rotatable bonds is 2. The van der Waals surface area contributed by atoms with E-state index in [-0.39, 0.29) is 12.1 Å². The summed E-state index contributed by atoms with van der Waals surface area (Å²) in [6.45, 7) is 9.26. The Kier molecular flexibility index (Phi) is 4.76. The lowest BCUT2D eigenvalue weighted by Gasteiger charge is -2.34. The van der Waals surface area contributed by atoms with Crippen molar-refractivity contribution in [1.82, 2.24) is 4.90 Å². The molecule has 0 radical (unpaired) electrons. The highest BCUT2D eigenvalue weighted by Gasteiger charge is 2.27. The number of carbonyl (C=O) groups is 1. The monoisotopic (exact) mass is 290 g/mol. The van der Waals surface area contributed by atoms with E-state index in [9.17, 15) is 4.79 Å². The number of anilines is 1. The smallest absolute Gasteiger partial charge is 0.410 e. The quantitative estimate of drug-likeness (QED) is 0.900. The lowest BCUT2D eigenvalue weighted by atomic mass is 10.1. The number of carbonyl (C=O) groups excluding carboxylic acids is 1. The van der Waals surface area contributed by atoms with E-state index in [1.807, 2.05) is 31.7 Å². The molecule has 1 heterocycles. The minimum atomic E-state index is -0.437. The van der Waals surface area contributed by atoms with E-state index in [4.69, 9.17) is 4.74 Å². The molecule has 0 aromatic heterocycles. The number of benzene rings is 1. The second kappa shape index (κ2) is 6.37. The minimum Gasteiger partial charge on any atom is -0.444 e. The van der Waals surface area contributed by atoms with E-state index in [1.165, 1.54) is 5.56 Å². The van der Waals surface area contributed by atoms with Gasteiger partial charge in [0.2, 0.25) is 0 Å². The maximum atomic E-state index is 12.1. The van der Waals surface area contributed by atoms with Crippen LogP contribution in [0.3, 0.4) is 0 Å². The van der Waals surface area contributed by atoms with Crippen LogP contribution in [0, 0.1) is 6.92 Å². The van der Waals surface area contributed by atoms with Crippen molar-refractivity contribution in [2.24, 2.45) is 0 Å². The van der Waals surface area contributed by atoms with Crippen LogP contribution in [0.5, 0.6) is 0 Å². The Morgan fingerprint density at radius 2 is 2.14 bits per heavy atom. The summed E-state index contributed by atoms with van der Waals surface area (Å²) in [5.74, 6) is 0. The molecule has 1 saturated heterocycles. The van der Waals surface area contributed by atoms with E-state index in [0.717, 1.165) is 25.1 Å². The van der Waals surface area contributed by atoms with Crippen LogP contribution in [0.2, 0.25) is 0 Å². The molecule has 1 atom stereocenters. The van der Waals surface area contributed by atoms with Crippen molar-refractivity contribution in [2.75, 3.05) is 18.4 Å². The fourth-order valence-corrected chi connectivity index (χ4v) is 2.56. The topological polar surface area (TPSA) is 41.6 Å². The van der Waals surface area contributed by atoms with Crippen molar-refractivity contribution in [2.45, 2.75) is 52.2 Å². The first-order valence-electron chi connectivity index (χ1n) is 7.64. The molecule has 1 aromatic carbocycles. The molecule has 0 aliphatic carbocycles. The summed E-state index contributed by atoms with van der Waals surface area (Å²) in [5.41, 5.74) is 1.92. The predicted octanol–water partition coefficient (Wildman–Crippen LogP) is 3.81. The molecule has 1 amide bonds. The van der Waals surface area contributed by atoms with E-state index < -0.39 is 5.60 Å². The van der Waals surface area contributed by atoms with Crippen molar-refractivity contribution >= 4 is 11.8 Å². The van der Waals surface area contributed by atoms with Gasteiger partial charge in [0.25, 0.3) is 0 Å². The largest absolute Gasteiger partial charge is 0.444 e. The SMILES string of the molecule is Cc1cccc(NC2CCCN(C(=O)OC(C)(C)C)C2)c1. The average Bonchev–Trinajstić information content (AvgIpc) is 2.37. The second-order valence-corrected chi connectivity index (χ2v) is 6.78. The summed E-state index contributed by atoms with van der Waals surface area (Å²) in [6, 6.07) is 8.62. The molecular weight excluding hydrogens is 264 g/mol. The standard InChI is InChI=1S/C17H26N2O2/c1-13-7-5-8-14(11-13)18-15-9-6-10-19(12-15)16(20)21-17(2,3)4/h5,7-8,11,15,18H,6,9-10,12H2,1-4H3. The maximum Gasteiger partial charge on any atom is 0.410 e. The van der Waals surface area contributed by atoms with Gasteiger partial charge >= 0.3 is 6.09 Å². The fraction of sp³-hybridized carbons (Fsp3) is 0.588. The Labute approximate surface area is 127 Å². The Morgan fingerprint density at radius 3 is 2.81 bits per heavy atom. The van der Waals surface area contributed by atoms with Crippen LogP contribution in [-0.2, 0) is 4.74 Å². The first-order chi connectivity index (χ1) is 9.83. The van der Waals surface area contributed by atoms with Crippen LogP contribution < -0.4 is 5.32 Å². The molecule has 21 heavy (non-hydrogen) atoms. The molecule has 0 spiro atoms. The molecule has 2 rings (SSSR count). The summed E-state index contributed by atoms with van der Waals surface area (Å²) < 4.78 is 5.45. The maximum absolute atomic E-state index is 12.1. The summed E-state index contributed by atoms with van der Waals surface area (Å²) in [4.78, 5) is 13.9. The number of nitrogens with one attached hydrogen (secondary N) is 1. The fourth-order valence-electron chi connectivity index (χ4n) is 2.56. The third-order valence-electron chi connectivity index (χ3n) is 3.46. The number of amides is 1. The van der Waals surface area contributed by atoms with Gasteiger partial charge in [-0.2, -0.15) is 0 Å². The number of hydrogen-bond acceptors (Lipinski definition) is 3. The predicted molar refractivity (Wildman–Crippen MR) is 85.6 cm³/mol. The Morgan fingerprint density at radius 1 is 1.38 bits per heavy atom. The lowest BCUT2D eigenvalue weighted by molar-refractivity contribution is 0.0206. The zero-order valence-corrected chi connectivity index (χ0v) is 13.5. The zero-order valence-electron chi connectivity index (χ0n) is 13.5. The summed E-state index contributed by atoms with van der Waals surface area (Å²) in [7, 11) is 0. The van der Waals surface area contributed by atoms with Gasteiger partial charge in [0, 0.05) is 24.8 Å². The van der Waals surface area contributed by atoms with Crippen LogP contribution in [-0.4, -0.2) is 35.7 Å². The summed E-state index contributed by atoms with van der Waals surface area (Å²) >= 11 is 0. The third-order valence-corrected chi connectivity index (χ3v) is 3.46. The normalized spacial score (nSPS) is 19.2. The number of hydrogen-bond donors (Lipinski definition) is 1. The van der Waals surface area contributed by atoms with E-state index in [0.29, 0.717) is 6.54 Å². The van der Waals surface area contributed by atoms with Crippen molar-refractivity contribution in [3.05, 3.63) is 29.8 Å². The van der Waals surface area contributed by atoms with Gasteiger partial charge in [-0.15, -0.1) is 0 Å². The number of ether oxygens (including phenoxy) is 1. The number of piperidine rings is 1. The van der Waals surface area contributed by atoms with Crippen LogP contribution >= 0.6 is 0 Å². The van der Waals surface area contributed by atoms with E-state index >= 15 is 0 Å². The molecule has 1 aromatic rings. The summed E-state index contributed by atoms with van der Waals surface area (Å²) in [5, 5.41) is 3.52. The average molecular weight is 290 g/mol. The van der Waals surface area contributed by atoms with Gasteiger partial charge in [-0.3, -0.25) is 0 Å². The molecule has 1 unspecified atom stereocenters. The van der Waals surface area contributed by atoms with Crippen molar-refractivity contribution in [3.63, 3.8) is 0 Å². The van der Waals surface area contributed by atoms with Gasteiger partial charge in [0.1, 0.15) is 5.60 Å². The number of aryl methyl sites for hydroxylation is 1. The van der Waals surface area contributed by atoms with Crippen LogP contribution in [0.15, 0.2) is 24.3 Å². The molecule has 0 bridgehead atoms. The van der Waals surface area contributed by atoms with Gasteiger partial charge < -0.3 is 15.0 Å². The molecule has 116 valence electrons. The van der Waals surface area contributed by atoms with Gasteiger partial charge in [0.05, 0.1) is 0 Å². The van der Waals surface area contributed by atoms with Crippen molar-refractivity contribution in [1.29, 1.82) is 0 Å². The van der Waals surface area contributed by atoms with Gasteiger partial charge in [-0.25, -0.2) is 4.79 Å². The highest BCUT2D eigenvalue weighted by Crippen LogP contribution is 2.19. The molecule has 1 fully saturated rings. The molecule has 1 aliphatic rings. The molecular formula is C17H26N2O2. The number of likely N-dealkylation sites (tertiary alicyclic amines) is 1. The Hall–Kier alpha value is -1.71. The van der Waals surface area contributed by atoms with Crippen LogP contribution in [0.25, 0.3) is 0 Å². The summed E-state index contributed by atoms with van der Waals surface area (Å²) in [6.07, 6.45) is 1.87. The molecule has 1 aliphatic heterocycles. The molecule has 0 saturated carbocycles. The van der Waals surface area contributed by atoms with Crippen molar-refractivity contribution in [3.8, 4) is 0 Å². The highest BCUT2D eigenvalue weighted by atomic mass is 16.6. The molecule has 1 N–H and O–H groups in total. The second-order valence-electron chi connectivity index (χ2n) is 6.78. The van der Waals surface area contributed by atoms with E-state index in [2.05, 4.69) is 30.4 Å². The van der Waals surface area contributed by atoms with Gasteiger partial charge in [-0.1, -0.05) is 12.1 Å². The van der Waals surface area contributed by atoms with Crippen LogP contribution in [0.1, 0.15) is 39.2 Å². The van der Waals surface area contributed by atoms with Crippen LogP contribution in [0.4, 0.5) is 10.5 Å². The first-order valence-corrected chi connectivity index (χ1v) is 7.64. The number of nitrogens with zero attached hydrogens (tertiary/aromatic N) is 1. The highest BCUT2D eigenvalue weighted by molar-refractivity contribution is 5.68. The third kappa shape index (κ3) is 4.96. The minimum absolute atomic E-state index is 0.210. The van der Waals surface area contributed by atoms with E-state index in [1.54, 1.807) is 0 Å². The van der Waals surface area contributed by atoms with Crippen molar-refractivity contribution < 1.29 is 9.53 Å². The van der Waals surface area contributed by atoms with Gasteiger partial charge in [0.15, 0.2) is 0 Å². The Balaban J connectivity index is 1.93. The lowest BCUT2D eigenvalue weighted by Crippen LogP contribution is -2.46. The van der Waals surface area contributed by atoms with Gasteiger partial charge in [-0.05, 0) is 58.2 Å². The first kappa shape index (κ1) is 15.7. The molecule has 4 nitrogen and oxygen atoms in total. The zero-order chi connectivity index (χ0) is 15.5.